The fourth-order valence-corrected chi connectivity index (χ4v) is 1.71. The molecule has 0 spiro atoms. The molecule has 0 aromatic carbocycles. The highest BCUT2D eigenvalue weighted by Crippen LogP contribution is 2.29. The van der Waals surface area contributed by atoms with Gasteiger partial charge in [-0.05, 0) is 0 Å². The molecule has 0 aliphatic carbocycles. The first-order valence-electron chi connectivity index (χ1n) is 5.55. The Morgan fingerprint density at radius 1 is 1.33 bits per heavy atom. The van der Waals surface area contributed by atoms with Crippen LogP contribution in [0.3, 0.4) is 0 Å². The molecular weight excluding hydrogens is 232 g/mol. The van der Waals surface area contributed by atoms with E-state index >= 15 is 0 Å². The van der Waals surface area contributed by atoms with Gasteiger partial charge in [-0.15, -0.1) is 0 Å². The van der Waals surface area contributed by atoms with Crippen LogP contribution >= 0.6 is 0 Å². The number of nitrogens with zero attached hydrogens (tertiary/aromatic N) is 3. The Morgan fingerprint density at radius 3 is 2.78 bits per heavy atom. The average Bonchev–Trinajstić information content (AvgIpc) is 2.86. The van der Waals surface area contributed by atoms with Crippen LogP contribution in [0.25, 0.3) is 0 Å². The van der Waals surface area contributed by atoms with Gasteiger partial charge in [-0.3, -0.25) is 9.67 Å². The summed E-state index contributed by atoms with van der Waals surface area (Å²) in [5.74, 6) is 1.29. The highest BCUT2D eigenvalue weighted by molar-refractivity contribution is 5.42. The number of hydrogen-bond donors (Lipinski definition) is 1. The molecule has 2 aromatic heterocycles. The molecule has 2 aromatic rings. The molecule has 2 N–H and O–H groups in total. The molecule has 6 nitrogen and oxygen atoms in total. The molecule has 0 fully saturated rings. The number of ether oxygens (including phenoxy) is 2. The van der Waals surface area contributed by atoms with Crippen LogP contribution in [0, 0.1) is 0 Å². The standard InChI is InChI=1S/C12H16N4O2/c1-17-11-3-4-14-10(12(11)18-2)8-16-7-9(5-13)6-15-16/h3-4,6-7H,5,8,13H2,1-2H3. The van der Waals surface area contributed by atoms with E-state index in [1.165, 1.54) is 0 Å². The number of rotatable bonds is 5. The van der Waals surface area contributed by atoms with Crippen molar-refractivity contribution in [2.24, 2.45) is 5.73 Å². The van der Waals surface area contributed by atoms with Gasteiger partial charge in [0.05, 0.1) is 27.0 Å². The van der Waals surface area contributed by atoms with Crippen LogP contribution in [-0.2, 0) is 13.1 Å². The van der Waals surface area contributed by atoms with Crippen molar-refractivity contribution >= 4 is 0 Å². The molecular formula is C12H16N4O2. The fraction of sp³-hybridized carbons (Fsp3) is 0.333. The van der Waals surface area contributed by atoms with E-state index in [2.05, 4.69) is 10.1 Å². The van der Waals surface area contributed by atoms with Crippen molar-refractivity contribution in [3.63, 3.8) is 0 Å². The van der Waals surface area contributed by atoms with E-state index in [9.17, 15) is 0 Å². The van der Waals surface area contributed by atoms with Gasteiger partial charge in [-0.2, -0.15) is 5.10 Å². The lowest BCUT2D eigenvalue weighted by molar-refractivity contribution is 0.348. The minimum Gasteiger partial charge on any atom is -0.493 e. The van der Waals surface area contributed by atoms with Gasteiger partial charge >= 0.3 is 0 Å². The normalized spacial score (nSPS) is 10.4. The molecule has 0 saturated carbocycles. The Labute approximate surface area is 105 Å². The van der Waals surface area contributed by atoms with E-state index in [-0.39, 0.29) is 0 Å². The summed E-state index contributed by atoms with van der Waals surface area (Å²) in [4.78, 5) is 4.29. The highest BCUT2D eigenvalue weighted by Gasteiger charge is 2.11. The highest BCUT2D eigenvalue weighted by atomic mass is 16.5. The van der Waals surface area contributed by atoms with E-state index in [0.29, 0.717) is 24.6 Å². The smallest absolute Gasteiger partial charge is 0.184 e. The largest absolute Gasteiger partial charge is 0.493 e. The number of methoxy groups -OCH3 is 2. The van der Waals surface area contributed by atoms with Gasteiger partial charge in [0.2, 0.25) is 0 Å². The van der Waals surface area contributed by atoms with E-state index in [0.717, 1.165) is 11.3 Å². The molecule has 6 heteroatoms. The maximum Gasteiger partial charge on any atom is 0.184 e. The van der Waals surface area contributed by atoms with Gasteiger partial charge < -0.3 is 15.2 Å². The first-order valence-corrected chi connectivity index (χ1v) is 5.55. The molecule has 0 aliphatic heterocycles. The summed E-state index contributed by atoms with van der Waals surface area (Å²) >= 11 is 0. The van der Waals surface area contributed by atoms with E-state index in [1.807, 2.05) is 6.20 Å². The monoisotopic (exact) mass is 248 g/mol. The summed E-state index contributed by atoms with van der Waals surface area (Å²) < 4.78 is 12.3. The van der Waals surface area contributed by atoms with Crippen LogP contribution in [0.5, 0.6) is 11.5 Å². The summed E-state index contributed by atoms with van der Waals surface area (Å²) in [6.07, 6.45) is 5.32. The minimum absolute atomic E-state index is 0.475. The van der Waals surface area contributed by atoms with Crippen LogP contribution in [0.15, 0.2) is 24.7 Å². The SMILES string of the molecule is COc1ccnc(Cn2cc(CN)cn2)c1OC. The number of pyridine rings is 1. The van der Waals surface area contributed by atoms with Crippen molar-refractivity contribution in [3.05, 3.63) is 35.9 Å². The Morgan fingerprint density at radius 2 is 2.17 bits per heavy atom. The van der Waals surface area contributed by atoms with E-state index < -0.39 is 0 Å². The van der Waals surface area contributed by atoms with Crippen molar-refractivity contribution < 1.29 is 9.47 Å². The van der Waals surface area contributed by atoms with Crippen molar-refractivity contribution in [2.75, 3.05) is 14.2 Å². The van der Waals surface area contributed by atoms with Gasteiger partial charge in [0.15, 0.2) is 11.5 Å². The van der Waals surface area contributed by atoms with E-state index in [1.54, 1.807) is 37.4 Å². The second-order valence-corrected chi connectivity index (χ2v) is 3.74. The average molecular weight is 248 g/mol. The molecule has 0 bridgehead atoms. The quantitative estimate of drug-likeness (QED) is 0.847. The van der Waals surface area contributed by atoms with Crippen molar-refractivity contribution in [1.29, 1.82) is 0 Å². The first kappa shape index (κ1) is 12.4. The van der Waals surface area contributed by atoms with Crippen LogP contribution < -0.4 is 15.2 Å². The van der Waals surface area contributed by atoms with Crippen LogP contribution in [0.1, 0.15) is 11.3 Å². The second kappa shape index (κ2) is 5.50. The number of nitrogens with two attached hydrogens (primary N) is 1. The Hall–Kier alpha value is -2.08. The lowest BCUT2D eigenvalue weighted by Crippen LogP contribution is -2.05. The summed E-state index contributed by atoms with van der Waals surface area (Å²) in [6.45, 7) is 0.989. The van der Waals surface area contributed by atoms with Crippen molar-refractivity contribution in [1.82, 2.24) is 14.8 Å². The predicted octanol–water partition coefficient (Wildman–Crippen LogP) is 0.802. The Balaban J connectivity index is 2.28. The summed E-state index contributed by atoms with van der Waals surface area (Å²) in [5, 5.41) is 4.21. The predicted molar refractivity (Wildman–Crippen MR) is 66.6 cm³/mol. The molecule has 0 atom stereocenters. The van der Waals surface area contributed by atoms with E-state index in [4.69, 9.17) is 15.2 Å². The molecule has 18 heavy (non-hydrogen) atoms. The number of hydrogen-bond acceptors (Lipinski definition) is 5. The maximum atomic E-state index is 5.54. The third-order valence-corrected chi connectivity index (χ3v) is 2.60. The molecule has 2 heterocycles. The van der Waals surface area contributed by atoms with Gasteiger partial charge in [-0.25, -0.2) is 0 Å². The van der Waals surface area contributed by atoms with Gasteiger partial charge in [0.1, 0.15) is 5.69 Å². The molecule has 0 aliphatic rings. The zero-order valence-electron chi connectivity index (χ0n) is 10.5. The molecule has 0 unspecified atom stereocenters. The van der Waals surface area contributed by atoms with Crippen molar-refractivity contribution in [2.45, 2.75) is 13.1 Å². The zero-order chi connectivity index (χ0) is 13.0. The zero-order valence-corrected chi connectivity index (χ0v) is 10.5. The lowest BCUT2D eigenvalue weighted by atomic mass is 10.3. The molecule has 0 amide bonds. The van der Waals surface area contributed by atoms with Crippen molar-refractivity contribution in [3.8, 4) is 11.5 Å². The lowest BCUT2D eigenvalue weighted by Gasteiger charge is -2.11. The van der Waals surface area contributed by atoms with Gasteiger partial charge in [0.25, 0.3) is 0 Å². The Kier molecular flexibility index (Phi) is 3.78. The molecule has 96 valence electrons. The summed E-state index contributed by atoms with van der Waals surface area (Å²) in [5.41, 5.74) is 7.29. The van der Waals surface area contributed by atoms with Gasteiger partial charge in [-0.1, -0.05) is 0 Å². The van der Waals surface area contributed by atoms with Crippen LogP contribution in [0.4, 0.5) is 0 Å². The topological polar surface area (TPSA) is 75.2 Å². The van der Waals surface area contributed by atoms with Crippen LogP contribution in [-0.4, -0.2) is 29.0 Å². The third kappa shape index (κ3) is 2.43. The second-order valence-electron chi connectivity index (χ2n) is 3.74. The summed E-state index contributed by atoms with van der Waals surface area (Å²) in [6, 6.07) is 1.76. The maximum absolute atomic E-state index is 5.54. The Bertz CT molecular complexity index is 525. The minimum atomic E-state index is 0.475. The number of aromatic nitrogens is 3. The fourth-order valence-electron chi connectivity index (χ4n) is 1.71. The van der Waals surface area contributed by atoms with Crippen LogP contribution in [0.2, 0.25) is 0 Å². The molecule has 0 radical (unpaired) electrons. The molecule has 0 saturated heterocycles. The molecule has 2 rings (SSSR count). The van der Waals surface area contributed by atoms with Gasteiger partial charge in [0, 0.05) is 30.6 Å². The first-order chi connectivity index (χ1) is 8.78. The summed E-state index contributed by atoms with van der Waals surface area (Å²) in [7, 11) is 3.19. The third-order valence-electron chi connectivity index (χ3n) is 2.60.